The largest absolute Gasteiger partial charge is 0.497 e. The summed E-state index contributed by atoms with van der Waals surface area (Å²) in [6, 6.07) is 13.9. The summed E-state index contributed by atoms with van der Waals surface area (Å²) in [6.45, 7) is 0. The highest BCUT2D eigenvalue weighted by Gasteiger charge is 2.06. The summed E-state index contributed by atoms with van der Waals surface area (Å²) in [4.78, 5) is 25.0. The van der Waals surface area contributed by atoms with Crippen molar-refractivity contribution in [2.45, 2.75) is 0 Å². The molecule has 0 bridgehead atoms. The summed E-state index contributed by atoms with van der Waals surface area (Å²) in [6.07, 6.45) is 2.71. The van der Waals surface area contributed by atoms with E-state index >= 15 is 0 Å². The van der Waals surface area contributed by atoms with Crippen LogP contribution in [0.25, 0.3) is 6.08 Å². The summed E-state index contributed by atoms with van der Waals surface area (Å²) >= 11 is 0. The smallest absolute Gasteiger partial charge is 0.414 e. The van der Waals surface area contributed by atoms with E-state index in [1.807, 2.05) is 6.07 Å². The van der Waals surface area contributed by atoms with Crippen molar-refractivity contribution in [2.24, 2.45) is 0 Å². The third-order valence-electron chi connectivity index (χ3n) is 3.23. The number of rotatable bonds is 5. The molecular weight excluding hydrogens is 306 g/mol. The van der Waals surface area contributed by atoms with Crippen LogP contribution in [0.15, 0.2) is 54.6 Å². The zero-order chi connectivity index (χ0) is 17.5. The van der Waals surface area contributed by atoms with Crippen molar-refractivity contribution in [3.63, 3.8) is 0 Å². The monoisotopic (exact) mass is 325 g/mol. The molecule has 0 saturated heterocycles. The maximum absolute atomic E-state index is 12.1. The van der Waals surface area contributed by atoms with Crippen molar-refractivity contribution in [1.82, 2.24) is 4.90 Å². The van der Waals surface area contributed by atoms with Crippen LogP contribution in [-0.2, 0) is 0 Å². The van der Waals surface area contributed by atoms with Crippen LogP contribution in [0.2, 0.25) is 0 Å². The lowest BCUT2D eigenvalue weighted by Crippen LogP contribution is -2.25. The zero-order valence-corrected chi connectivity index (χ0v) is 13.9. The number of ether oxygens (including phenoxy) is 2. The van der Waals surface area contributed by atoms with Gasteiger partial charge in [-0.2, -0.15) is 0 Å². The van der Waals surface area contributed by atoms with Gasteiger partial charge in [-0.15, -0.1) is 0 Å². The third kappa shape index (κ3) is 4.71. The van der Waals surface area contributed by atoms with Crippen molar-refractivity contribution >= 4 is 18.0 Å². The molecule has 124 valence electrons. The Morgan fingerprint density at radius 1 is 1.00 bits per heavy atom. The van der Waals surface area contributed by atoms with Gasteiger partial charge in [-0.25, -0.2) is 4.79 Å². The Kier molecular flexibility index (Phi) is 5.73. The van der Waals surface area contributed by atoms with Gasteiger partial charge in [0.2, 0.25) is 0 Å². The van der Waals surface area contributed by atoms with Gasteiger partial charge in [-0.3, -0.25) is 4.79 Å². The van der Waals surface area contributed by atoms with E-state index in [-0.39, 0.29) is 5.78 Å². The highest BCUT2D eigenvalue weighted by Crippen LogP contribution is 2.16. The minimum atomic E-state index is -0.453. The minimum absolute atomic E-state index is 0.117. The Labute approximate surface area is 141 Å². The molecule has 0 unspecified atom stereocenters. The molecule has 2 aromatic carbocycles. The molecule has 0 radical (unpaired) electrons. The van der Waals surface area contributed by atoms with Gasteiger partial charge in [0.1, 0.15) is 11.5 Å². The van der Waals surface area contributed by atoms with Crippen LogP contribution in [0.3, 0.4) is 0 Å². The average molecular weight is 325 g/mol. The van der Waals surface area contributed by atoms with Crippen molar-refractivity contribution < 1.29 is 19.1 Å². The van der Waals surface area contributed by atoms with Crippen molar-refractivity contribution in [3.05, 3.63) is 65.7 Å². The van der Waals surface area contributed by atoms with Crippen LogP contribution in [0.1, 0.15) is 15.9 Å². The Balaban J connectivity index is 2.07. The second kappa shape index (κ2) is 7.97. The maximum Gasteiger partial charge on any atom is 0.414 e. The fourth-order valence-electron chi connectivity index (χ4n) is 1.90. The average Bonchev–Trinajstić information content (AvgIpc) is 2.60. The molecule has 0 aliphatic carbocycles. The number of carbonyl (C=O) groups is 2. The number of allylic oxidation sites excluding steroid dienone is 1. The fraction of sp³-hybridized carbons (Fsp3) is 0.158. The highest BCUT2D eigenvalue weighted by molar-refractivity contribution is 6.06. The van der Waals surface area contributed by atoms with E-state index in [1.54, 1.807) is 69.7 Å². The lowest BCUT2D eigenvalue weighted by atomic mass is 10.1. The summed E-state index contributed by atoms with van der Waals surface area (Å²) in [7, 11) is 4.80. The first-order chi connectivity index (χ1) is 11.5. The van der Waals surface area contributed by atoms with E-state index in [4.69, 9.17) is 9.47 Å². The molecule has 1 amide bonds. The van der Waals surface area contributed by atoms with Crippen LogP contribution < -0.4 is 9.47 Å². The minimum Gasteiger partial charge on any atom is -0.497 e. The Morgan fingerprint density at radius 3 is 2.33 bits per heavy atom. The molecular formula is C19H19NO4. The van der Waals surface area contributed by atoms with Crippen LogP contribution in [-0.4, -0.2) is 38.0 Å². The molecule has 0 heterocycles. The molecule has 2 aromatic rings. The second-order valence-electron chi connectivity index (χ2n) is 5.26. The number of nitrogens with zero attached hydrogens (tertiary/aromatic N) is 1. The van der Waals surface area contributed by atoms with Crippen LogP contribution >= 0.6 is 0 Å². The van der Waals surface area contributed by atoms with E-state index in [0.717, 1.165) is 5.56 Å². The lowest BCUT2D eigenvalue weighted by molar-refractivity contribution is 0.104. The number of ketones is 1. The zero-order valence-electron chi connectivity index (χ0n) is 13.9. The number of benzene rings is 2. The van der Waals surface area contributed by atoms with Gasteiger partial charge in [0.25, 0.3) is 0 Å². The SMILES string of the molecule is COc1ccc(C(=O)C=Cc2cccc(OC(=O)N(C)C)c2)cc1. The predicted molar refractivity (Wildman–Crippen MR) is 92.5 cm³/mol. The summed E-state index contributed by atoms with van der Waals surface area (Å²) in [5, 5.41) is 0. The van der Waals surface area contributed by atoms with Gasteiger partial charge >= 0.3 is 6.09 Å². The number of carbonyl (C=O) groups excluding carboxylic acids is 2. The topological polar surface area (TPSA) is 55.8 Å². The quantitative estimate of drug-likeness (QED) is 0.622. The molecule has 0 aliphatic rings. The Bertz CT molecular complexity index is 748. The number of methoxy groups -OCH3 is 1. The summed E-state index contributed by atoms with van der Waals surface area (Å²) < 4.78 is 10.3. The first kappa shape index (κ1) is 17.3. The number of hydrogen-bond acceptors (Lipinski definition) is 4. The standard InChI is InChI=1S/C19H19NO4/c1-20(2)19(22)24-17-6-4-5-14(13-17)7-12-18(21)15-8-10-16(23-3)11-9-15/h4-13H,1-3H3. The van der Waals surface area contributed by atoms with Crippen LogP contribution in [0, 0.1) is 0 Å². The predicted octanol–water partition coefficient (Wildman–Crippen LogP) is 3.65. The van der Waals surface area contributed by atoms with Crippen molar-refractivity contribution in [3.8, 4) is 11.5 Å². The van der Waals surface area contributed by atoms with E-state index in [9.17, 15) is 9.59 Å². The lowest BCUT2D eigenvalue weighted by Gasteiger charge is -2.10. The van der Waals surface area contributed by atoms with Gasteiger partial charge in [-0.1, -0.05) is 18.2 Å². The van der Waals surface area contributed by atoms with Gasteiger partial charge in [0, 0.05) is 19.7 Å². The van der Waals surface area contributed by atoms with Crippen molar-refractivity contribution in [1.29, 1.82) is 0 Å². The Hall–Kier alpha value is -3.08. The number of amides is 1. The second-order valence-corrected chi connectivity index (χ2v) is 5.26. The first-order valence-corrected chi connectivity index (χ1v) is 7.35. The summed E-state index contributed by atoms with van der Waals surface area (Å²) in [5.74, 6) is 1.01. The molecule has 0 N–H and O–H groups in total. The maximum atomic E-state index is 12.1. The molecule has 0 saturated carbocycles. The van der Waals surface area contributed by atoms with E-state index in [1.165, 1.54) is 11.0 Å². The molecule has 5 nitrogen and oxygen atoms in total. The van der Waals surface area contributed by atoms with E-state index in [2.05, 4.69) is 0 Å². The molecule has 5 heteroatoms. The molecule has 2 rings (SSSR count). The van der Waals surface area contributed by atoms with Gasteiger partial charge in [-0.05, 0) is 48.0 Å². The van der Waals surface area contributed by atoms with Gasteiger partial charge in [0.15, 0.2) is 5.78 Å². The van der Waals surface area contributed by atoms with E-state index in [0.29, 0.717) is 17.1 Å². The summed E-state index contributed by atoms with van der Waals surface area (Å²) in [5.41, 5.74) is 1.34. The highest BCUT2D eigenvalue weighted by atomic mass is 16.6. The molecule has 0 spiro atoms. The molecule has 24 heavy (non-hydrogen) atoms. The molecule has 0 fully saturated rings. The van der Waals surface area contributed by atoms with Gasteiger partial charge < -0.3 is 14.4 Å². The van der Waals surface area contributed by atoms with E-state index < -0.39 is 6.09 Å². The normalized spacial score (nSPS) is 10.5. The third-order valence-corrected chi connectivity index (χ3v) is 3.23. The van der Waals surface area contributed by atoms with Crippen LogP contribution in [0.5, 0.6) is 11.5 Å². The first-order valence-electron chi connectivity index (χ1n) is 7.35. The molecule has 0 aliphatic heterocycles. The number of hydrogen-bond donors (Lipinski definition) is 0. The molecule has 0 atom stereocenters. The Morgan fingerprint density at radius 2 is 1.71 bits per heavy atom. The molecule has 0 aromatic heterocycles. The van der Waals surface area contributed by atoms with Gasteiger partial charge in [0.05, 0.1) is 7.11 Å². The van der Waals surface area contributed by atoms with Crippen LogP contribution in [0.4, 0.5) is 4.79 Å². The van der Waals surface area contributed by atoms with Crippen molar-refractivity contribution in [2.75, 3.05) is 21.2 Å². The fourth-order valence-corrected chi connectivity index (χ4v) is 1.90.